The van der Waals surface area contributed by atoms with Crippen molar-refractivity contribution in [2.45, 2.75) is 20.0 Å². The summed E-state index contributed by atoms with van der Waals surface area (Å²) in [6.45, 7) is 5.87. The first kappa shape index (κ1) is 15.3. The van der Waals surface area contributed by atoms with Gasteiger partial charge in [0.2, 0.25) is 0 Å². The summed E-state index contributed by atoms with van der Waals surface area (Å²) in [5.74, 6) is 1.92. The Kier molecular flexibility index (Phi) is 7.16. The minimum atomic E-state index is -0.466. The first-order chi connectivity index (χ1) is 8.63. The average Bonchev–Trinajstić information content (AvgIpc) is 2.36. The van der Waals surface area contributed by atoms with Gasteiger partial charge in [0.15, 0.2) is 0 Å². The molecule has 18 heavy (non-hydrogen) atoms. The van der Waals surface area contributed by atoms with Crippen LogP contribution in [0.5, 0.6) is 5.75 Å². The average molecular weight is 269 g/mol. The largest absolute Gasteiger partial charge is 0.491 e. The number of hydrogen-bond donors (Lipinski definition) is 2. The summed E-state index contributed by atoms with van der Waals surface area (Å²) >= 11 is 1.79. The zero-order chi connectivity index (χ0) is 13.4. The van der Waals surface area contributed by atoms with Crippen LogP contribution in [0.25, 0.3) is 0 Å². The van der Waals surface area contributed by atoms with Crippen LogP contribution in [0.4, 0.5) is 0 Å². The Bertz CT molecular complexity index is 358. The zero-order valence-electron chi connectivity index (χ0n) is 11.4. The van der Waals surface area contributed by atoms with Crippen molar-refractivity contribution in [1.29, 1.82) is 0 Å². The van der Waals surface area contributed by atoms with Crippen molar-refractivity contribution in [3.63, 3.8) is 0 Å². The van der Waals surface area contributed by atoms with Gasteiger partial charge in [-0.25, -0.2) is 0 Å². The molecule has 0 spiro atoms. The van der Waals surface area contributed by atoms with Gasteiger partial charge in [-0.2, -0.15) is 11.8 Å². The van der Waals surface area contributed by atoms with E-state index in [0.29, 0.717) is 13.2 Å². The van der Waals surface area contributed by atoms with E-state index in [-0.39, 0.29) is 0 Å². The van der Waals surface area contributed by atoms with Crippen LogP contribution < -0.4 is 10.1 Å². The SMILES string of the molecule is CSCCNCC(O)COc1cc(C)ccc1C. The number of hydrogen-bond acceptors (Lipinski definition) is 4. The van der Waals surface area contributed by atoms with E-state index in [4.69, 9.17) is 4.74 Å². The number of aryl methyl sites for hydroxylation is 2. The Morgan fingerprint density at radius 3 is 2.89 bits per heavy atom. The zero-order valence-corrected chi connectivity index (χ0v) is 12.2. The van der Waals surface area contributed by atoms with Gasteiger partial charge in [0.25, 0.3) is 0 Å². The molecular formula is C14H23NO2S. The van der Waals surface area contributed by atoms with Gasteiger partial charge in [-0.15, -0.1) is 0 Å². The Morgan fingerprint density at radius 1 is 1.39 bits per heavy atom. The molecule has 0 amide bonds. The molecule has 0 aromatic heterocycles. The molecule has 1 unspecified atom stereocenters. The molecule has 1 atom stereocenters. The van der Waals surface area contributed by atoms with E-state index < -0.39 is 6.10 Å². The van der Waals surface area contributed by atoms with Crippen LogP contribution in [-0.2, 0) is 0 Å². The second-order valence-corrected chi connectivity index (χ2v) is 5.42. The molecule has 102 valence electrons. The molecule has 0 saturated carbocycles. The topological polar surface area (TPSA) is 41.5 Å². The van der Waals surface area contributed by atoms with Gasteiger partial charge in [0.1, 0.15) is 18.5 Å². The summed E-state index contributed by atoms with van der Waals surface area (Å²) in [6.07, 6.45) is 1.61. The molecule has 1 aromatic carbocycles. The molecule has 2 N–H and O–H groups in total. The van der Waals surface area contributed by atoms with Crippen LogP contribution in [0.3, 0.4) is 0 Å². The van der Waals surface area contributed by atoms with Gasteiger partial charge in [-0.05, 0) is 37.3 Å². The lowest BCUT2D eigenvalue weighted by atomic mass is 10.1. The van der Waals surface area contributed by atoms with E-state index in [9.17, 15) is 5.11 Å². The molecule has 0 bridgehead atoms. The van der Waals surface area contributed by atoms with Gasteiger partial charge < -0.3 is 15.2 Å². The molecule has 3 nitrogen and oxygen atoms in total. The van der Waals surface area contributed by atoms with Crippen LogP contribution >= 0.6 is 11.8 Å². The fourth-order valence-electron chi connectivity index (χ4n) is 1.55. The van der Waals surface area contributed by atoms with Gasteiger partial charge in [-0.1, -0.05) is 12.1 Å². The molecule has 4 heteroatoms. The van der Waals surface area contributed by atoms with Crippen molar-refractivity contribution in [2.24, 2.45) is 0 Å². The minimum Gasteiger partial charge on any atom is -0.491 e. The number of aliphatic hydroxyl groups excluding tert-OH is 1. The third-order valence-corrected chi connectivity index (χ3v) is 3.25. The summed E-state index contributed by atoms with van der Waals surface area (Å²) in [4.78, 5) is 0. The molecule has 0 aliphatic rings. The molecule has 0 radical (unpaired) electrons. The Labute approximate surface area is 114 Å². The molecule has 0 aliphatic carbocycles. The molecule has 1 aromatic rings. The Balaban J connectivity index is 2.29. The predicted molar refractivity (Wildman–Crippen MR) is 78.7 cm³/mol. The third kappa shape index (κ3) is 5.76. The Hall–Kier alpha value is -0.710. The number of benzene rings is 1. The van der Waals surface area contributed by atoms with Crippen LogP contribution in [0, 0.1) is 13.8 Å². The fourth-order valence-corrected chi connectivity index (χ4v) is 1.90. The van der Waals surface area contributed by atoms with Crippen LogP contribution in [-0.4, -0.2) is 42.9 Å². The van der Waals surface area contributed by atoms with Crippen molar-refractivity contribution in [1.82, 2.24) is 5.32 Å². The second-order valence-electron chi connectivity index (χ2n) is 4.43. The number of thioether (sulfide) groups is 1. The quantitative estimate of drug-likeness (QED) is 0.708. The molecule has 0 aliphatic heterocycles. The maximum Gasteiger partial charge on any atom is 0.122 e. The van der Waals surface area contributed by atoms with Gasteiger partial charge in [-0.3, -0.25) is 0 Å². The summed E-state index contributed by atoms with van der Waals surface area (Å²) in [5, 5.41) is 13.0. The molecule has 0 fully saturated rings. The maximum atomic E-state index is 9.78. The molecule has 0 heterocycles. The van der Waals surface area contributed by atoms with E-state index in [0.717, 1.165) is 23.6 Å². The number of rotatable bonds is 8. The lowest BCUT2D eigenvalue weighted by Crippen LogP contribution is -2.32. The highest BCUT2D eigenvalue weighted by Gasteiger charge is 2.06. The molecule has 0 saturated heterocycles. The minimum absolute atomic E-state index is 0.330. The van der Waals surface area contributed by atoms with Crippen molar-refractivity contribution < 1.29 is 9.84 Å². The molecular weight excluding hydrogens is 246 g/mol. The lowest BCUT2D eigenvalue weighted by Gasteiger charge is -2.14. The number of nitrogens with one attached hydrogen (secondary N) is 1. The summed E-state index contributed by atoms with van der Waals surface area (Å²) in [5.41, 5.74) is 2.27. The third-order valence-electron chi connectivity index (χ3n) is 2.64. The standard InChI is InChI=1S/C14H23NO2S/c1-11-4-5-12(2)14(8-11)17-10-13(16)9-15-6-7-18-3/h4-5,8,13,15-16H,6-7,9-10H2,1-3H3. The van der Waals surface area contributed by atoms with Gasteiger partial charge in [0.05, 0.1) is 0 Å². The highest BCUT2D eigenvalue weighted by Crippen LogP contribution is 2.19. The number of ether oxygens (including phenoxy) is 1. The van der Waals surface area contributed by atoms with Crippen molar-refractivity contribution in [3.8, 4) is 5.75 Å². The Morgan fingerprint density at radius 2 is 2.17 bits per heavy atom. The van der Waals surface area contributed by atoms with E-state index in [2.05, 4.69) is 17.6 Å². The number of aliphatic hydroxyl groups is 1. The van der Waals surface area contributed by atoms with E-state index in [1.54, 1.807) is 11.8 Å². The second kappa shape index (κ2) is 8.40. The van der Waals surface area contributed by atoms with E-state index in [1.807, 2.05) is 26.0 Å². The summed E-state index contributed by atoms with van der Waals surface area (Å²) in [6, 6.07) is 6.10. The van der Waals surface area contributed by atoms with Crippen LogP contribution in [0.2, 0.25) is 0 Å². The highest BCUT2D eigenvalue weighted by molar-refractivity contribution is 7.98. The van der Waals surface area contributed by atoms with E-state index in [1.165, 1.54) is 5.56 Å². The fraction of sp³-hybridized carbons (Fsp3) is 0.571. The summed E-state index contributed by atoms with van der Waals surface area (Å²) < 4.78 is 5.64. The first-order valence-corrected chi connectivity index (χ1v) is 7.60. The van der Waals surface area contributed by atoms with Crippen molar-refractivity contribution >= 4 is 11.8 Å². The van der Waals surface area contributed by atoms with E-state index >= 15 is 0 Å². The van der Waals surface area contributed by atoms with Crippen LogP contribution in [0.1, 0.15) is 11.1 Å². The smallest absolute Gasteiger partial charge is 0.122 e. The predicted octanol–water partition coefficient (Wildman–Crippen LogP) is 2.00. The maximum absolute atomic E-state index is 9.78. The first-order valence-electron chi connectivity index (χ1n) is 6.21. The monoisotopic (exact) mass is 269 g/mol. The lowest BCUT2D eigenvalue weighted by molar-refractivity contribution is 0.106. The van der Waals surface area contributed by atoms with Crippen molar-refractivity contribution in [3.05, 3.63) is 29.3 Å². The van der Waals surface area contributed by atoms with Crippen LogP contribution in [0.15, 0.2) is 18.2 Å². The van der Waals surface area contributed by atoms with Crippen molar-refractivity contribution in [2.75, 3.05) is 31.7 Å². The van der Waals surface area contributed by atoms with Gasteiger partial charge in [0, 0.05) is 18.8 Å². The molecule has 1 rings (SSSR count). The normalized spacial score (nSPS) is 12.4. The van der Waals surface area contributed by atoms with Gasteiger partial charge >= 0.3 is 0 Å². The highest BCUT2D eigenvalue weighted by atomic mass is 32.2. The summed E-state index contributed by atoms with van der Waals surface area (Å²) in [7, 11) is 0.